The van der Waals surface area contributed by atoms with Crippen molar-refractivity contribution in [2.45, 2.75) is 0 Å². The predicted octanol–water partition coefficient (Wildman–Crippen LogP) is 5.29. The number of nitro groups is 1. The van der Waals surface area contributed by atoms with Crippen molar-refractivity contribution in [3.05, 3.63) is 86.5 Å². The average Bonchev–Trinajstić information content (AvgIpc) is 2.65. The molecule has 0 bridgehead atoms. The Bertz CT molecular complexity index is 1010. The molecule has 1 aromatic heterocycles. The molecule has 1 heterocycles. The van der Waals surface area contributed by atoms with Crippen LogP contribution in [0.5, 0.6) is 0 Å². The van der Waals surface area contributed by atoms with Crippen molar-refractivity contribution in [3.63, 3.8) is 0 Å². The largest absolute Gasteiger partial charge is 0.333 e. The average molecular weight is 403 g/mol. The van der Waals surface area contributed by atoms with Gasteiger partial charge in [-0.1, -0.05) is 35.3 Å². The molecule has 0 unspecified atom stereocenters. The number of halogens is 2. The van der Waals surface area contributed by atoms with Gasteiger partial charge in [0.05, 0.1) is 21.3 Å². The molecule has 1 amide bonds. The predicted molar refractivity (Wildman–Crippen MR) is 105 cm³/mol. The number of hydrogen-bond acceptors (Lipinski definition) is 5. The van der Waals surface area contributed by atoms with Crippen molar-refractivity contribution >= 4 is 52.0 Å². The molecule has 9 heteroatoms. The van der Waals surface area contributed by atoms with Gasteiger partial charge >= 0.3 is 5.69 Å². The second kappa shape index (κ2) is 8.03. The van der Waals surface area contributed by atoms with E-state index in [1.54, 1.807) is 48.5 Å². The summed E-state index contributed by atoms with van der Waals surface area (Å²) in [5, 5.41) is 17.5. The van der Waals surface area contributed by atoms with E-state index in [4.69, 9.17) is 23.2 Å². The molecule has 0 aliphatic heterocycles. The minimum atomic E-state index is -0.587. The quantitative estimate of drug-likeness (QED) is 0.446. The summed E-state index contributed by atoms with van der Waals surface area (Å²) in [5.74, 6) is -0.336. The van der Waals surface area contributed by atoms with E-state index in [1.807, 2.05) is 0 Å². The third kappa shape index (κ3) is 4.52. The maximum absolute atomic E-state index is 12.4. The van der Waals surface area contributed by atoms with E-state index in [9.17, 15) is 14.9 Å². The van der Waals surface area contributed by atoms with Gasteiger partial charge in [-0.05, 0) is 36.4 Å². The standard InChI is InChI=1S/C18H12Cl2N4O3/c19-12-7-5-11(6-8-12)18(25)23-15-4-2-1-3-14(15)22-17-16(24(26)27)9-13(20)10-21-17/h1-10H,(H,21,22)(H,23,25). The van der Waals surface area contributed by atoms with Crippen LogP contribution in [-0.2, 0) is 0 Å². The summed E-state index contributed by atoms with van der Waals surface area (Å²) in [5.41, 5.74) is 1.02. The maximum Gasteiger partial charge on any atom is 0.313 e. The highest BCUT2D eigenvalue weighted by atomic mass is 35.5. The number of aromatic nitrogens is 1. The molecule has 3 aromatic rings. The fourth-order valence-electron chi connectivity index (χ4n) is 2.29. The summed E-state index contributed by atoms with van der Waals surface area (Å²) in [6.07, 6.45) is 1.30. The Morgan fingerprint density at radius 2 is 1.67 bits per heavy atom. The number of pyridine rings is 1. The Hall–Kier alpha value is -3.16. The number of amides is 1. The minimum absolute atomic E-state index is 0.0117. The fourth-order valence-corrected chi connectivity index (χ4v) is 2.57. The van der Waals surface area contributed by atoms with Crippen LogP contribution in [0.1, 0.15) is 10.4 Å². The summed E-state index contributed by atoms with van der Waals surface area (Å²) in [4.78, 5) is 27.0. The van der Waals surface area contributed by atoms with Crippen LogP contribution in [0.2, 0.25) is 10.0 Å². The Kier molecular flexibility index (Phi) is 5.54. The second-order valence-corrected chi connectivity index (χ2v) is 6.28. The van der Waals surface area contributed by atoms with Crippen LogP contribution >= 0.6 is 23.2 Å². The molecule has 136 valence electrons. The lowest BCUT2D eigenvalue weighted by Gasteiger charge is -2.13. The molecule has 0 atom stereocenters. The van der Waals surface area contributed by atoms with Gasteiger partial charge in [0.15, 0.2) is 0 Å². The van der Waals surface area contributed by atoms with E-state index in [2.05, 4.69) is 15.6 Å². The van der Waals surface area contributed by atoms with Crippen molar-refractivity contribution in [1.82, 2.24) is 4.98 Å². The van der Waals surface area contributed by atoms with Gasteiger partial charge in [-0.15, -0.1) is 0 Å². The van der Waals surface area contributed by atoms with Gasteiger partial charge < -0.3 is 10.6 Å². The second-order valence-electron chi connectivity index (χ2n) is 5.41. The molecule has 2 N–H and O–H groups in total. The van der Waals surface area contributed by atoms with E-state index < -0.39 is 4.92 Å². The molecule has 3 rings (SSSR count). The van der Waals surface area contributed by atoms with Crippen molar-refractivity contribution in [2.24, 2.45) is 0 Å². The Balaban J connectivity index is 1.88. The zero-order chi connectivity index (χ0) is 19.4. The first kappa shape index (κ1) is 18.6. The number of benzene rings is 2. The number of anilines is 3. The number of nitrogens with one attached hydrogen (secondary N) is 2. The third-order valence-electron chi connectivity index (χ3n) is 3.57. The number of rotatable bonds is 5. The fraction of sp³-hybridized carbons (Fsp3) is 0. The zero-order valence-corrected chi connectivity index (χ0v) is 15.2. The molecule has 7 nitrogen and oxygen atoms in total. The first-order valence-electron chi connectivity index (χ1n) is 7.67. The van der Waals surface area contributed by atoms with Crippen molar-refractivity contribution < 1.29 is 9.72 Å². The summed E-state index contributed by atoms with van der Waals surface area (Å²) >= 11 is 11.6. The molecule has 27 heavy (non-hydrogen) atoms. The van der Waals surface area contributed by atoms with Crippen molar-refractivity contribution in [2.75, 3.05) is 10.6 Å². The van der Waals surface area contributed by atoms with Gasteiger partial charge in [0.1, 0.15) is 0 Å². The topological polar surface area (TPSA) is 97.2 Å². The highest BCUT2D eigenvalue weighted by Gasteiger charge is 2.18. The van der Waals surface area contributed by atoms with Crippen LogP contribution < -0.4 is 10.6 Å². The maximum atomic E-state index is 12.4. The lowest BCUT2D eigenvalue weighted by molar-refractivity contribution is -0.384. The molecule has 2 aromatic carbocycles. The van der Waals surface area contributed by atoms with Gasteiger partial charge in [-0.25, -0.2) is 4.98 Å². The highest BCUT2D eigenvalue weighted by Crippen LogP contribution is 2.31. The van der Waals surface area contributed by atoms with Crippen molar-refractivity contribution in [3.8, 4) is 0 Å². The number of carbonyl (C=O) groups excluding carboxylic acids is 1. The number of para-hydroxylation sites is 2. The molecule has 0 saturated heterocycles. The first-order chi connectivity index (χ1) is 12.9. The molecule has 0 saturated carbocycles. The van der Waals surface area contributed by atoms with Gasteiger partial charge in [0, 0.05) is 22.8 Å². The minimum Gasteiger partial charge on any atom is -0.333 e. The van der Waals surface area contributed by atoms with E-state index in [0.717, 1.165) is 0 Å². The number of hydrogen-bond donors (Lipinski definition) is 2. The van der Waals surface area contributed by atoms with Gasteiger partial charge in [0.2, 0.25) is 5.82 Å². The highest BCUT2D eigenvalue weighted by molar-refractivity contribution is 6.31. The Morgan fingerprint density at radius 3 is 2.33 bits per heavy atom. The van der Waals surface area contributed by atoms with Crippen LogP contribution in [0.3, 0.4) is 0 Å². The number of carbonyl (C=O) groups is 1. The molecular weight excluding hydrogens is 391 g/mol. The molecule has 0 fully saturated rings. The van der Waals surface area contributed by atoms with Gasteiger partial charge in [-0.3, -0.25) is 14.9 Å². The van der Waals surface area contributed by atoms with E-state index in [-0.39, 0.29) is 22.4 Å². The van der Waals surface area contributed by atoms with Crippen molar-refractivity contribution in [1.29, 1.82) is 0 Å². The van der Waals surface area contributed by atoms with E-state index in [1.165, 1.54) is 12.3 Å². The van der Waals surface area contributed by atoms with Gasteiger partial charge in [0.25, 0.3) is 5.91 Å². The van der Waals surface area contributed by atoms with Crippen LogP contribution in [0.4, 0.5) is 22.9 Å². The molecule has 0 aliphatic rings. The smallest absolute Gasteiger partial charge is 0.313 e. The summed E-state index contributed by atoms with van der Waals surface area (Å²) in [7, 11) is 0. The lowest BCUT2D eigenvalue weighted by atomic mass is 10.2. The number of nitrogens with zero attached hydrogens (tertiary/aromatic N) is 2. The summed E-state index contributed by atoms with van der Waals surface area (Å²) in [6, 6.07) is 14.4. The third-order valence-corrected chi connectivity index (χ3v) is 4.02. The Labute approximate surface area is 164 Å². The molecule has 0 spiro atoms. The molecule has 0 aliphatic carbocycles. The summed E-state index contributed by atoms with van der Waals surface area (Å²) in [6.45, 7) is 0. The lowest BCUT2D eigenvalue weighted by Crippen LogP contribution is -2.13. The van der Waals surface area contributed by atoms with Crippen LogP contribution in [-0.4, -0.2) is 15.8 Å². The van der Waals surface area contributed by atoms with Crippen LogP contribution in [0, 0.1) is 10.1 Å². The van der Waals surface area contributed by atoms with E-state index in [0.29, 0.717) is 22.0 Å². The monoisotopic (exact) mass is 402 g/mol. The first-order valence-corrected chi connectivity index (χ1v) is 8.42. The summed E-state index contributed by atoms with van der Waals surface area (Å²) < 4.78 is 0. The molecule has 0 radical (unpaired) electrons. The SMILES string of the molecule is O=C(Nc1ccccc1Nc1ncc(Cl)cc1[N+](=O)[O-])c1ccc(Cl)cc1. The van der Waals surface area contributed by atoms with Crippen LogP contribution in [0.25, 0.3) is 0 Å². The normalized spacial score (nSPS) is 10.3. The Morgan fingerprint density at radius 1 is 1.00 bits per heavy atom. The zero-order valence-electron chi connectivity index (χ0n) is 13.6. The van der Waals surface area contributed by atoms with Gasteiger partial charge in [-0.2, -0.15) is 0 Å². The van der Waals surface area contributed by atoms with E-state index >= 15 is 0 Å². The molecular formula is C18H12Cl2N4O3. The van der Waals surface area contributed by atoms with Crippen LogP contribution in [0.15, 0.2) is 60.8 Å².